The van der Waals surface area contributed by atoms with Gasteiger partial charge >= 0.3 is 6.18 Å². The summed E-state index contributed by atoms with van der Waals surface area (Å²) in [6.07, 6.45) is -3.00. The van der Waals surface area contributed by atoms with E-state index in [1.54, 1.807) is 6.07 Å². The summed E-state index contributed by atoms with van der Waals surface area (Å²) < 4.78 is 43.7. The van der Waals surface area contributed by atoms with Gasteiger partial charge in [0.1, 0.15) is 17.2 Å². The maximum Gasteiger partial charge on any atom is 0.416 e. The third-order valence-electron chi connectivity index (χ3n) is 3.11. The summed E-state index contributed by atoms with van der Waals surface area (Å²) in [5, 5.41) is 5.24. The van der Waals surface area contributed by atoms with Gasteiger partial charge in [0.25, 0.3) is 5.91 Å². The molecular formula is C15H9F3N2O2S. The minimum absolute atomic E-state index is 0.186. The Kier molecular flexibility index (Phi) is 3.69. The molecule has 2 heterocycles. The number of benzene rings is 1. The van der Waals surface area contributed by atoms with Crippen LogP contribution in [0.3, 0.4) is 0 Å². The molecule has 0 saturated carbocycles. The van der Waals surface area contributed by atoms with Crippen molar-refractivity contribution in [3.05, 3.63) is 53.4 Å². The molecule has 8 heteroatoms. The second-order valence-corrected chi connectivity index (χ2v) is 5.16. The SMILES string of the molecule is O=C1NC(=S)NC1=Cc1ccc(-c2cccc(C(F)(F)F)c2)o1. The largest absolute Gasteiger partial charge is 0.457 e. The molecule has 1 aromatic heterocycles. The zero-order valence-corrected chi connectivity index (χ0v) is 12.2. The Morgan fingerprint density at radius 2 is 1.91 bits per heavy atom. The predicted octanol–water partition coefficient (Wildman–Crippen LogP) is 3.31. The summed E-state index contributed by atoms with van der Waals surface area (Å²) in [5.41, 5.74) is -0.253. The molecule has 1 aliphatic heterocycles. The Morgan fingerprint density at radius 3 is 2.57 bits per heavy atom. The van der Waals surface area contributed by atoms with E-state index in [9.17, 15) is 18.0 Å². The topological polar surface area (TPSA) is 54.3 Å². The maximum atomic E-state index is 12.7. The summed E-state index contributed by atoms with van der Waals surface area (Å²) in [4.78, 5) is 11.5. The fraction of sp³-hybridized carbons (Fsp3) is 0.0667. The van der Waals surface area contributed by atoms with Gasteiger partial charge in [0.2, 0.25) is 0 Å². The minimum atomic E-state index is -4.42. The molecule has 118 valence electrons. The fourth-order valence-electron chi connectivity index (χ4n) is 2.06. The van der Waals surface area contributed by atoms with Crippen LogP contribution in [0.15, 0.2) is 46.5 Å². The molecule has 0 unspecified atom stereocenters. The van der Waals surface area contributed by atoms with Crippen LogP contribution in [0.4, 0.5) is 13.2 Å². The number of alkyl halides is 3. The smallest absolute Gasteiger partial charge is 0.416 e. The number of rotatable bonds is 2. The average molecular weight is 338 g/mol. The van der Waals surface area contributed by atoms with Crippen molar-refractivity contribution < 1.29 is 22.4 Å². The van der Waals surface area contributed by atoms with Crippen molar-refractivity contribution in [1.82, 2.24) is 10.6 Å². The molecule has 1 amide bonds. The zero-order chi connectivity index (χ0) is 16.6. The molecule has 1 aromatic carbocycles. The molecule has 1 fully saturated rings. The number of hydrogen-bond acceptors (Lipinski definition) is 3. The lowest BCUT2D eigenvalue weighted by Crippen LogP contribution is -2.21. The van der Waals surface area contributed by atoms with E-state index in [1.807, 2.05) is 0 Å². The van der Waals surface area contributed by atoms with Gasteiger partial charge in [-0.25, -0.2) is 0 Å². The van der Waals surface area contributed by atoms with Gasteiger partial charge in [-0.2, -0.15) is 13.2 Å². The summed E-state index contributed by atoms with van der Waals surface area (Å²) in [7, 11) is 0. The van der Waals surface area contributed by atoms with Crippen molar-refractivity contribution in [3.63, 3.8) is 0 Å². The van der Waals surface area contributed by atoms with Gasteiger partial charge in [-0.15, -0.1) is 0 Å². The molecule has 1 saturated heterocycles. The third kappa shape index (κ3) is 3.26. The average Bonchev–Trinajstić information content (AvgIpc) is 3.06. The lowest BCUT2D eigenvalue weighted by atomic mass is 10.1. The maximum absolute atomic E-state index is 12.7. The van der Waals surface area contributed by atoms with E-state index in [-0.39, 0.29) is 16.6 Å². The zero-order valence-electron chi connectivity index (χ0n) is 11.4. The molecule has 23 heavy (non-hydrogen) atoms. The Bertz CT molecular complexity index is 824. The van der Waals surface area contributed by atoms with Gasteiger partial charge in [-0.05, 0) is 36.5 Å². The molecule has 2 N–H and O–H groups in total. The lowest BCUT2D eigenvalue weighted by molar-refractivity contribution is -0.137. The van der Waals surface area contributed by atoms with Crippen LogP contribution in [0.2, 0.25) is 0 Å². The number of furan rings is 1. The molecule has 0 spiro atoms. The number of carbonyl (C=O) groups excluding carboxylic acids is 1. The van der Waals surface area contributed by atoms with Crippen LogP contribution in [0, 0.1) is 0 Å². The molecule has 2 aromatic rings. The van der Waals surface area contributed by atoms with E-state index in [1.165, 1.54) is 24.3 Å². The van der Waals surface area contributed by atoms with Crippen LogP contribution in [0.25, 0.3) is 17.4 Å². The van der Waals surface area contributed by atoms with Crippen LogP contribution >= 0.6 is 12.2 Å². The quantitative estimate of drug-likeness (QED) is 0.652. The number of nitrogens with one attached hydrogen (secondary N) is 2. The second-order valence-electron chi connectivity index (χ2n) is 4.75. The van der Waals surface area contributed by atoms with Crippen LogP contribution < -0.4 is 10.6 Å². The Hall–Kier alpha value is -2.61. The first-order chi connectivity index (χ1) is 10.8. The van der Waals surface area contributed by atoms with Crippen molar-refractivity contribution in [2.75, 3.05) is 0 Å². The van der Waals surface area contributed by atoms with Crippen LogP contribution in [0.1, 0.15) is 11.3 Å². The Balaban J connectivity index is 1.90. The Labute approximate surface area is 134 Å². The number of hydrogen-bond donors (Lipinski definition) is 2. The second kappa shape index (κ2) is 5.54. The molecule has 0 bridgehead atoms. The lowest BCUT2D eigenvalue weighted by Gasteiger charge is -2.07. The summed E-state index contributed by atoms with van der Waals surface area (Å²) in [5.74, 6) is 0.190. The van der Waals surface area contributed by atoms with E-state index in [0.29, 0.717) is 11.3 Å². The van der Waals surface area contributed by atoms with E-state index >= 15 is 0 Å². The molecular weight excluding hydrogens is 329 g/mol. The number of thiocarbonyl (C=S) groups is 1. The van der Waals surface area contributed by atoms with E-state index < -0.39 is 17.6 Å². The van der Waals surface area contributed by atoms with Crippen molar-refractivity contribution in [2.45, 2.75) is 6.18 Å². The molecule has 1 aliphatic rings. The number of amides is 1. The number of halogens is 3. The molecule has 0 radical (unpaired) electrons. The highest BCUT2D eigenvalue weighted by molar-refractivity contribution is 7.80. The highest BCUT2D eigenvalue weighted by atomic mass is 32.1. The van der Waals surface area contributed by atoms with Crippen molar-refractivity contribution in [1.29, 1.82) is 0 Å². The van der Waals surface area contributed by atoms with Crippen molar-refractivity contribution in [2.24, 2.45) is 0 Å². The van der Waals surface area contributed by atoms with Gasteiger partial charge in [0.15, 0.2) is 5.11 Å². The monoisotopic (exact) mass is 338 g/mol. The third-order valence-corrected chi connectivity index (χ3v) is 3.31. The van der Waals surface area contributed by atoms with Gasteiger partial charge < -0.3 is 9.73 Å². The normalized spacial score (nSPS) is 16.6. The highest BCUT2D eigenvalue weighted by Crippen LogP contribution is 2.32. The Morgan fingerprint density at radius 1 is 1.13 bits per heavy atom. The predicted molar refractivity (Wildman–Crippen MR) is 81.0 cm³/mol. The molecule has 4 nitrogen and oxygen atoms in total. The first-order valence-electron chi connectivity index (χ1n) is 6.44. The molecule has 0 atom stereocenters. The van der Waals surface area contributed by atoms with Crippen LogP contribution in [-0.4, -0.2) is 11.0 Å². The van der Waals surface area contributed by atoms with Gasteiger partial charge in [-0.3, -0.25) is 10.1 Å². The van der Waals surface area contributed by atoms with Gasteiger partial charge in [0, 0.05) is 11.6 Å². The standard InChI is InChI=1S/C15H9F3N2O2S/c16-15(17,18)9-3-1-2-8(6-9)12-5-4-10(22-12)7-11-13(21)20-14(23)19-11/h1-7H,(H2,19,20,21,23). The van der Waals surface area contributed by atoms with Gasteiger partial charge in [0.05, 0.1) is 5.56 Å². The summed E-state index contributed by atoms with van der Waals surface area (Å²) in [6, 6.07) is 7.91. The molecule has 0 aliphatic carbocycles. The fourth-order valence-corrected chi connectivity index (χ4v) is 2.26. The number of carbonyl (C=O) groups is 1. The first kappa shape index (κ1) is 15.3. The van der Waals surface area contributed by atoms with Crippen LogP contribution in [0.5, 0.6) is 0 Å². The summed E-state index contributed by atoms with van der Waals surface area (Å²) in [6.45, 7) is 0. The minimum Gasteiger partial charge on any atom is -0.457 e. The van der Waals surface area contributed by atoms with Gasteiger partial charge in [-0.1, -0.05) is 12.1 Å². The van der Waals surface area contributed by atoms with E-state index in [2.05, 4.69) is 10.6 Å². The van der Waals surface area contributed by atoms with Crippen molar-refractivity contribution in [3.8, 4) is 11.3 Å². The van der Waals surface area contributed by atoms with Crippen LogP contribution in [-0.2, 0) is 11.0 Å². The van der Waals surface area contributed by atoms with E-state index in [4.69, 9.17) is 16.6 Å². The first-order valence-corrected chi connectivity index (χ1v) is 6.85. The van der Waals surface area contributed by atoms with Crippen molar-refractivity contribution >= 4 is 29.3 Å². The summed E-state index contributed by atoms with van der Waals surface area (Å²) >= 11 is 4.80. The highest BCUT2D eigenvalue weighted by Gasteiger charge is 2.30. The van der Waals surface area contributed by atoms with E-state index in [0.717, 1.165) is 12.1 Å². The molecule has 3 rings (SSSR count).